The van der Waals surface area contributed by atoms with Crippen LogP contribution in [-0.4, -0.2) is 23.9 Å². The van der Waals surface area contributed by atoms with Crippen molar-refractivity contribution in [3.8, 4) is 22.2 Å². The molecule has 8 nitrogen and oxygen atoms in total. The van der Waals surface area contributed by atoms with Crippen LogP contribution in [0.25, 0.3) is 37.2 Å². The Hall–Kier alpha value is -3.74. The third kappa shape index (κ3) is 3.04. The van der Waals surface area contributed by atoms with Gasteiger partial charge in [-0.15, -0.1) is 11.3 Å². The number of rotatable bonds is 4. The Morgan fingerprint density at radius 3 is 2.78 bits per heavy atom. The summed E-state index contributed by atoms with van der Waals surface area (Å²) < 4.78 is 4.58. The maximum Gasteiger partial charge on any atom is 0.336 e. The lowest BCUT2D eigenvalue weighted by molar-refractivity contribution is 0.662. The fraction of sp³-hybridized carbons (Fsp3) is 0.136. The molecule has 4 heterocycles. The van der Waals surface area contributed by atoms with Gasteiger partial charge in [0.25, 0.3) is 5.56 Å². The molecule has 0 saturated heterocycles. The molecule has 0 unspecified atom stereocenters. The summed E-state index contributed by atoms with van der Waals surface area (Å²) in [5.74, 6) is 0. The number of hydrogen-bond donors (Lipinski definition) is 0. The van der Waals surface area contributed by atoms with Crippen molar-refractivity contribution in [2.45, 2.75) is 13.0 Å². The van der Waals surface area contributed by atoms with Crippen molar-refractivity contribution in [3.05, 3.63) is 74.8 Å². The maximum atomic E-state index is 13.6. The molecule has 0 fully saturated rings. The fourth-order valence-corrected chi connectivity index (χ4v) is 5.23. The average molecular weight is 463 g/mol. The summed E-state index contributed by atoms with van der Waals surface area (Å²) in [4.78, 5) is 32.1. The van der Waals surface area contributed by atoms with Gasteiger partial charge in [-0.05, 0) is 12.1 Å². The molecule has 0 aliphatic rings. The Labute approximate surface area is 190 Å². The van der Waals surface area contributed by atoms with E-state index in [1.54, 1.807) is 36.3 Å². The molecule has 1 aromatic carbocycles. The Balaban J connectivity index is 1.88. The first kappa shape index (κ1) is 20.2. The zero-order valence-corrected chi connectivity index (χ0v) is 18.4. The molecular weight excluding hydrogens is 448 g/mol. The van der Waals surface area contributed by atoms with Crippen molar-refractivity contribution >= 4 is 44.1 Å². The van der Waals surface area contributed by atoms with Gasteiger partial charge in [-0.3, -0.25) is 19.0 Å². The lowest BCUT2D eigenvalue weighted by Crippen LogP contribution is -2.38. The Morgan fingerprint density at radius 2 is 2.00 bits per heavy atom. The minimum Gasteiger partial charge on any atom is -0.291 e. The standard InChI is InChI=1S/C22H15ClN6O2S/c1-27-19-13(11-26-27)10-25-12-17(19)29-21(30)20-16(28(22(29)31)8-4-7-24)9-18(32-20)14-5-2-3-6-15(14)23/h2-3,5-6,9-12H,4,8H2,1H3. The molecule has 0 aliphatic carbocycles. The highest BCUT2D eigenvalue weighted by atomic mass is 35.5. The van der Waals surface area contributed by atoms with Crippen molar-refractivity contribution < 1.29 is 0 Å². The number of hydrogen-bond acceptors (Lipinski definition) is 6. The van der Waals surface area contributed by atoms with E-state index in [0.29, 0.717) is 31.8 Å². The molecule has 0 saturated carbocycles. The number of nitriles is 1. The van der Waals surface area contributed by atoms with Gasteiger partial charge in [0.2, 0.25) is 0 Å². The molecule has 0 spiro atoms. The minimum atomic E-state index is -0.531. The summed E-state index contributed by atoms with van der Waals surface area (Å²) in [7, 11) is 1.74. The van der Waals surface area contributed by atoms with Crippen molar-refractivity contribution in [1.29, 1.82) is 5.26 Å². The smallest absolute Gasteiger partial charge is 0.291 e. The molecule has 158 valence electrons. The summed E-state index contributed by atoms with van der Waals surface area (Å²) in [6.07, 6.45) is 4.86. The number of aryl methyl sites for hydroxylation is 2. The Bertz CT molecular complexity index is 1670. The predicted octanol–water partition coefficient (Wildman–Crippen LogP) is 3.73. The molecule has 0 N–H and O–H groups in total. The number of thiophene rings is 1. The van der Waals surface area contributed by atoms with Gasteiger partial charge in [-0.1, -0.05) is 29.8 Å². The third-order valence-electron chi connectivity index (χ3n) is 5.27. The first-order valence-electron chi connectivity index (χ1n) is 9.68. The van der Waals surface area contributed by atoms with E-state index in [1.807, 2.05) is 18.2 Å². The van der Waals surface area contributed by atoms with Crippen molar-refractivity contribution in [2.24, 2.45) is 7.05 Å². The van der Waals surface area contributed by atoms with Gasteiger partial charge < -0.3 is 0 Å². The minimum absolute atomic E-state index is 0.124. The molecule has 4 aromatic heterocycles. The van der Waals surface area contributed by atoms with E-state index in [9.17, 15) is 9.59 Å². The summed E-state index contributed by atoms with van der Waals surface area (Å²) in [5.41, 5.74) is 1.24. The van der Waals surface area contributed by atoms with E-state index in [2.05, 4.69) is 16.2 Å². The average Bonchev–Trinajstić information content (AvgIpc) is 3.39. The number of fused-ring (bicyclic) bond motifs is 2. The van der Waals surface area contributed by atoms with Crippen LogP contribution in [0.5, 0.6) is 0 Å². The van der Waals surface area contributed by atoms with Crippen LogP contribution in [0.2, 0.25) is 5.02 Å². The predicted molar refractivity (Wildman–Crippen MR) is 124 cm³/mol. The highest BCUT2D eigenvalue weighted by Gasteiger charge is 2.21. The number of nitrogens with zero attached hydrogens (tertiary/aromatic N) is 6. The zero-order chi connectivity index (χ0) is 22.4. The van der Waals surface area contributed by atoms with Crippen molar-refractivity contribution in [2.75, 3.05) is 0 Å². The van der Waals surface area contributed by atoms with Gasteiger partial charge >= 0.3 is 5.69 Å². The molecule has 32 heavy (non-hydrogen) atoms. The second-order valence-electron chi connectivity index (χ2n) is 7.15. The lowest BCUT2D eigenvalue weighted by Gasteiger charge is -2.12. The Kier molecular flexibility index (Phi) is 4.89. The summed E-state index contributed by atoms with van der Waals surface area (Å²) in [6.45, 7) is 0.152. The Morgan fingerprint density at radius 1 is 1.19 bits per heavy atom. The van der Waals surface area contributed by atoms with Crippen LogP contribution >= 0.6 is 22.9 Å². The normalized spacial score (nSPS) is 11.3. The molecule has 5 rings (SSSR count). The van der Waals surface area contributed by atoms with Gasteiger partial charge in [0.1, 0.15) is 4.70 Å². The quantitative estimate of drug-likeness (QED) is 0.405. The molecule has 0 amide bonds. The van der Waals surface area contributed by atoms with E-state index < -0.39 is 11.2 Å². The topological polar surface area (TPSA) is 98.5 Å². The monoisotopic (exact) mass is 462 g/mol. The van der Waals surface area contributed by atoms with Crippen LogP contribution in [0.3, 0.4) is 0 Å². The fourth-order valence-electron chi connectivity index (χ4n) is 3.81. The number of benzene rings is 1. The van der Waals surface area contributed by atoms with Crippen LogP contribution < -0.4 is 11.2 Å². The molecule has 10 heteroatoms. The molecule has 0 atom stereocenters. The van der Waals surface area contributed by atoms with Crippen LogP contribution in [0.4, 0.5) is 0 Å². The maximum absolute atomic E-state index is 13.6. The largest absolute Gasteiger partial charge is 0.336 e. The summed E-state index contributed by atoms with van der Waals surface area (Å²) in [5, 5.41) is 14.6. The van der Waals surface area contributed by atoms with Gasteiger partial charge in [0.05, 0.1) is 41.6 Å². The van der Waals surface area contributed by atoms with E-state index >= 15 is 0 Å². The highest BCUT2D eigenvalue weighted by molar-refractivity contribution is 7.22. The van der Waals surface area contributed by atoms with Gasteiger partial charge in [-0.2, -0.15) is 10.4 Å². The number of halogens is 1. The molecule has 0 bridgehead atoms. The van der Waals surface area contributed by atoms with Crippen LogP contribution in [0.1, 0.15) is 6.42 Å². The van der Waals surface area contributed by atoms with Crippen LogP contribution in [0, 0.1) is 11.3 Å². The van der Waals surface area contributed by atoms with E-state index in [0.717, 1.165) is 15.0 Å². The van der Waals surface area contributed by atoms with Crippen LogP contribution in [0.15, 0.2) is 58.5 Å². The van der Waals surface area contributed by atoms with Crippen molar-refractivity contribution in [1.82, 2.24) is 23.9 Å². The highest BCUT2D eigenvalue weighted by Crippen LogP contribution is 2.35. The first-order chi connectivity index (χ1) is 15.5. The number of pyridine rings is 1. The molecule has 0 radical (unpaired) electrons. The summed E-state index contributed by atoms with van der Waals surface area (Å²) in [6, 6.07) is 11.2. The van der Waals surface area contributed by atoms with E-state index in [-0.39, 0.29) is 13.0 Å². The molecular formula is C22H15ClN6O2S. The van der Waals surface area contributed by atoms with Gasteiger partial charge in [0.15, 0.2) is 0 Å². The summed E-state index contributed by atoms with van der Waals surface area (Å²) >= 11 is 7.64. The first-order valence-corrected chi connectivity index (χ1v) is 10.9. The second-order valence-corrected chi connectivity index (χ2v) is 8.61. The lowest BCUT2D eigenvalue weighted by atomic mass is 10.2. The zero-order valence-electron chi connectivity index (χ0n) is 16.8. The van der Waals surface area contributed by atoms with Crippen molar-refractivity contribution in [3.63, 3.8) is 0 Å². The van der Waals surface area contributed by atoms with Gasteiger partial charge in [-0.25, -0.2) is 9.36 Å². The van der Waals surface area contributed by atoms with E-state index in [1.165, 1.54) is 22.1 Å². The second kappa shape index (κ2) is 7.75. The SMILES string of the molecule is Cn1ncc2cncc(-n3c(=O)c4sc(-c5ccccc5Cl)cc4n(CCC#N)c3=O)c21. The van der Waals surface area contributed by atoms with Crippen LogP contribution in [-0.2, 0) is 13.6 Å². The molecule has 5 aromatic rings. The molecule has 0 aliphatic heterocycles. The number of aromatic nitrogens is 5. The third-order valence-corrected chi connectivity index (χ3v) is 6.75. The van der Waals surface area contributed by atoms with Gasteiger partial charge in [0, 0.05) is 40.6 Å². The van der Waals surface area contributed by atoms with E-state index in [4.69, 9.17) is 16.9 Å².